The van der Waals surface area contributed by atoms with E-state index in [2.05, 4.69) is 10.0 Å². The number of rotatable bonds is 2. The first-order valence-electron chi connectivity index (χ1n) is 5.12. The van der Waals surface area contributed by atoms with E-state index < -0.39 is 29.9 Å². The monoisotopic (exact) mass is 229 g/mol. The average Bonchev–Trinajstić information content (AvgIpc) is 2.58. The predicted molar refractivity (Wildman–Crippen MR) is 53.3 cm³/mol. The highest BCUT2D eigenvalue weighted by Gasteiger charge is 2.60. The fourth-order valence-electron chi connectivity index (χ4n) is 2.17. The second kappa shape index (κ2) is 3.58. The van der Waals surface area contributed by atoms with Gasteiger partial charge in [-0.05, 0) is 26.3 Å². The van der Waals surface area contributed by atoms with Crippen LogP contribution in [0, 0.1) is 0 Å². The molecule has 0 aromatic carbocycles. The molecule has 2 rings (SSSR count). The highest BCUT2D eigenvalue weighted by atomic mass is 16.8. The van der Waals surface area contributed by atoms with Crippen LogP contribution in [0.2, 0.25) is 0 Å². The molecule has 16 heavy (non-hydrogen) atoms. The van der Waals surface area contributed by atoms with Gasteiger partial charge in [-0.25, -0.2) is 0 Å². The third kappa shape index (κ3) is 1.88. The minimum absolute atomic E-state index is 0.118. The Bertz CT molecular complexity index is 338. The first kappa shape index (κ1) is 11.6. The molecule has 4 atom stereocenters. The molecule has 0 bridgehead atoms. The van der Waals surface area contributed by atoms with Gasteiger partial charge in [-0.3, -0.25) is 0 Å². The zero-order chi connectivity index (χ0) is 12.0. The Hall–Kier alpha value is -0.850. The maximum Gasteiger partial charge on any atom is 0.192 e. The molecule has 7 heteroatoms. The van der Waals surface area contributed by atoms with Crippen molar-refractivity contribution in [3.63, 3.8) is 0 Å². The lowest BCUT2D eigenvalue weighted by Crippen LogP contribution is -2.40. The predicted octanol–water partition coefficient (Wildman–Crippen LogP) is 0.924. The van der Waals surface area contributed by atoms with Crippen molar-refractivity contribution < 1.29 is 19.3 Å². The number of fused-ring (bicyclic) bond motifs is 1. The summed E-state index contributed by atoms with van der Waals surface area (Å²) in [4.78, 5) is 2.66. The van der Waals surface area contributed by atoms with Crippen LogP contribution in [0.5, 0.6) is 0 Å². The molecule has 1 N–H and O–H groups in total. The summed E-state index contributed by atoms with van der Waals surface area (Å²) in [7, 11) is 0. The lowest BCUT2D eigenvalue weighted by atomic mass is 10.1. The third-order valence-corrected chi connectivity index (χ3v) is 2.74. The summed E-state index contributed by atoms with van der Waals surface area (Å²) >= 11 is 0. The van der Waals surface area contributed by atoms with Crippen molar-refractivity contribution in [3.8, 4) is 0 Å². The molecule has 2 aliphatic heterocycles. The van der Waals surface area contributed by atoms with Gasteiger partial charge in [0, 0.05) is 4.91 Å². The van der Waals surface area contributed by atoms with Crippen molar-refractivity contribution in [2.24, 2.45) is 5.11 Å². The lowest BCUT2D eigenvalue weighted by Gasteiger charge is -2.26. The summed E-state index contributed by atoms with van der Waals surface area (Å²) in [6.07, 6.45) is -1.44. The first-order valence-corrected chi connectivity index (χ1v) is 5.12. The molecule has 0 aromatic heterocycles. The molecule has 2 fully saturated rings. The summed E-state index contributed by atoms with van der Waals surface area (Å²) in [5.41, 5.74) is 8.27. The van der Waals surface area contributed by atoms with Crippen LogP contribution in [0.15, 0.2) is 5.11 Å². The van der Waals surface area contributed by atoms with Crippen molar-refractivity contribution in [1.82, 2.24) is 0 Å². The number of azide groups is 1. The number of aliphatic hydroxyl groups is 1. The van der Waals surface area contributed by atoms with Crippen molar-refractivity contribution in [1.29, 1.82) is 0 Å². The molecule has 0 saturated carbocycles. The normalized spacial score (nSPS) is 45.1. The van der Waals surface area contributed by atoms with Gasteiger partial charge < -0.3 is 19.3 Å². The van der Waals surface area contributed by atoms with Gasteiger partial charge in [-0.15, -0.1) is 0 Å². The number of nitrogens with zero attached hydrogens (tertiary/aromatic N) is 3. The maximum absolute atomic E-state index is 10.0. The minimum atomic E-state index is -1.41. The molecule has 0 radical (unpaired) electrons. The van der Waals surface area contributed by atoms with Gasteiger partial charge in [0.15, 0.2) is 11.6 Å². The smallest absolute Gasteiger partial charge is 0.192 e. The molecule has 2 heterocycles. The highest BCUT2D eigenvalue weighted by molar-refractivity contribution is 5.00. The van der Waals surface area contributed by atoms with Crippen molar-refractivity contribution in [2.75, 3.05) is 6.54 Å². The Morgan fingerprint density at radius 1 is 1.31 bits per heavy atom. The summed E-state index contributed by atoms with van der Waals surface area (Å²) in [5.74, 6) is -2.16. The van der Waals surface area contributed by atoms with E-state index in [9.17, 15) is 5.11 Å². The maximum atomic E-state index is 10.0. The van der Waals surface area contributed by atoms with Gasteiger partial charge in [-0.2, -0.15) is 0 Å². The SMILES string of the molecule is CC1(C)O[C@@H]2[C@@H](O1)C(C)(O)O[C@@H]2CN=[N+]=[N-]. The number of hydrogen-bond acceptors (Lipinski definition) is 5. The summed E-state index contributed by atoms with van der Waals surface area (Å²) in [5, 5.41) is 13.4. The Labute approximate surface area is 92.9 Å². The topological polar surface area (TPSA) is 96.7 Å². The van der Waals surface area contributed by atoms with Crippen LogP contribution in [0.4, 0.5) is 0 Å². The summed E-state index contributed by atoms with van der Waals surface area (Å²) in [6, 6.07) is 0. The average molecular weight is 229 g/mol. The van der Waals surface area contributed by atoms with E-state index in [1.54, 1.807) is 13.8 Å². The minimum Gasteiger partial charge on any atom is -0.364 e. The van der Waals surface area contributed by atoms with E-state index in [-0.39, 0.29) is 6.54 Å². The van der Waals surface area contributed by atoms with E-state index in [1.165, 1.54) is 6.92 Å². The second-order valence-corrected chi connectivity index (χ2v) is 4.65. The fraction of sp³-hybridized carbons (Fsp3) is 1.00. The zero-order valence-corrected chi connectivity index (χ0v) is 9.45. The van der Waals surface area contributed by atoms with Crippen LogP contribution in [0.3, 0.4) is 0 Å². The van der Waals surface area contributed by atoms with Crippen molar-refractivity contribution in [2.45, 2.75) is 50.7 Å². The van der Waals surface area contributed by atoms with Gasteiger partial charge in [0.25, 0.3) is 0 Å². The number of hydrogen-bond donors (Lipinski definition) is 1. The van der Waals surface area contributed by atoms with Crippen LogP contribution < -0.4 is 0 Å². The van der Waals surface area contributed by atoms with Crippen molar-refractivity contribution in [3.05, 3.63) is 10.4 Å². The fourth-order valence-corrected chi connectivity index (χ4v) is 2.17. The van der Waals surface area contributed by atoms with Gasteiger partial charge in [-0.1, -0.05) is 5.11 Å². The molecule has 2 aliphatic rings. The van der Waals surface area contributed by atoms with E-state index in [0.29, 0.717) is 0 Å². The van der Waals surface area contributed by atoms with E-state index >= 15 is 0 Å². The standard InChI is InChI=1S/C9H15N3O4/c1-8(2)15-6-5(4-11-12-10)14-9(3,13)7(6)16-8/h5-7,13H,4H2,1-3H3/t5-,6+,7-,9?/m1/s1. The van der Waals surface area contributed by atoms with Gasteiger partial charge in [0.1, 0.15) is 12.2 Å². The largest absolute Gasteiger partial charge is 0.364 e. The Morgan fingerprint density at radius 3 is 2.62 bits per heavy atom. The summed E-state index contributed by atoms with van der Waals surface area (Å²) < 4.78 is 16.5. The van der Waals surface area contributed by atoms with Crippen LogP contribution in [0.25, 0.3) is 10.4 Å². The molecule has 0 amide bonds. The van der Waals surface area contributed by atoms with Gasteiger partial charge in [0.2, 0.25) is 0 Å². The molecule has 0 aromatic rings. The Morgan fingerprint density at radius 2 is 2.00 bits per heavy atom. The molecular weight excluding hydrogens is 214 g/mol. The third-order valence-electron chi connectivity index (χ3n) is 2.74. The molecular formula is C9H15N3O4. The van der Waals surface area contributed by atoms with E-state index in [1.807, 2.05) is 0 Å². The van der Waals surface area contributed by atoms with Crippen LogP contribution in [0.1, 0.15) is 20.8 Å². The molecule has 7 nitrogen and oxygen atoms in total. The van der Waals surface area contributed by atoms with Crippen molar-refractivity contribution >= 4 is 0 Å². The van der Waals surface area contributed by atoms with E-state index in [4.69, 9.17) is 19.7 Å². The lowest BCUT2D eigenvalue weighted by molar-refractivity contribution is -0.264. The molecule has 0 spiro atoms. The number of ether oxygens (including phenoxy) is 3. The Balaban J connectivity index is 2.17. The van der Waals surface area contributed by atoms with Crippen LogP contribution in [-0.4, -0.2) is 41.5 Å². The molecule has 0 aliphatic carbocycles. The Kier molecular flexibility index (Phi) is 2.60. The van der Waals surface area contributed by atoms with Crippen LogP contribution in [-0.2, 0) is 14.2 Å². The van der Waals surface area contributed by atoms with Gasteiger partial charge in [0.05, 0.1) is 12.6 Å². The molecule has 90 valence electrons. The van der Waals surface area contributed by atoms with Crippen LogP contribution >= 0.6 is 0 Å². The summed E-state index contributed by atoms with van der Waals surface area (Å²) in [6.45, 7) is 5.18. The molecule has 1 unspecified atom stereocenters. The quantitative estimate of drug-likeness (QED) is 0.432. The van der Waals surface area contributed by atoms with Gasteiger partial charge >= 0.3 is 0 Å². The second-order valence-electron chi connectivity index (χ2n) is 4.65. The zero-order valence-electron chi connectivity index (χ0n) is 9.45. The van der Waals surface area contributed by atoms with E-state index in [0.717, 1.165) is 0 Å². The first-order chi connectivity index (χ1) is 7.36. The highest BCUT2D eigenvalue weighted by Crippen LogP contribution is 2.42. The molecule has 2 saturated heterocycles.